The fourth-order valence-electron chi connectivity index (χ4n) is 3.54. The van der Waals surface area contributed by atoms with E-state index in [-0.39, 0.29) is 29.1 Å². The Labute approximate surface area is 185 Å². The minimum absolute atomic E-state index is 0.0208. The molecule has 9 nitrogen and oxygen atoms in total. The Balaban J connectivity index is 1.48. The first-order valence-corrected chi connectivity index (χ1v) is 10.9. The number of primary amides is 1. The number of halogens is 1. The number of amides is 1. The highest BCUT2D eigenvalue weighted by Gasteiger charge is 2.43. The van der Waals surface area contributed by atoms with Crippen LogP contribution in [-0.2, 0) is 26.1 Å². The van der Waals surface area contributed by atoms with E-state index in [1.807, 2.05) is 24.3 Å². The SMILES string of the molecule is C#CC1(n2cc(Cl)c(C(N)=O)c2/N=C\N)CCC(COP2OCc3ccccc3O2)O1. The molecule has 2 aliphatic heterocycles. The third-order valence-electron chi connectivity index (χ3n) is 4.99. The summed E-state index contributed by atoms with van der Waals surface area (Å²) in [5, 5.41) is 0.108. The van der Waals surface area contributed by atoms with Crippen molar-refractivity contribution in [3.63, 3.8) is 0 Å². The second-order valence-electron chi connectivity index (χ2n) is 6.89. The third-order valence-corrected chi connectivity index (χ3v) is 6.33. The molecule has 1 saturated heterocycles. The molecule has 4 N–H and O–H groups in total. The standard InChI is InChI=1S/C20H20ClN4O5P/c1-2-20(25-9-15(21)17(18(23)26)19(25)24-12-22)8-7-14(29-20)11-28-31-27-10-13-5-3-4-6-16(13)30-31/h1,3-6,9,12,14H,7-8,10-11H2,(H2,22,24)(H2,23,26). The van der Waals surface area contributed by atoms with Crippen LogP contribution in [0.1, 0.15) is 28.8 Å². The Hall–Kier alpha value is -2.60. The molecule has 1 amide bonds. The van der Waals surface area contributed by atoms with Crippen molar-refractivity contribution >= 4 is 38.3 Å². The van der Waals surface area contributed by atoms with Crippen molar-refractivity contribution in [3.8, 4) is 18.1 Å². The summed E-state index contributed by atoms with van der Waals surface area (Å²) in [7, 11) is -1.55. The Morgan fingerprint density at radius 3 is 3.06 bits per heavy atom. The van der Waals surface area contributed by atoms with Crippen molar-refractivity contribution < 1.29 is 23.1 Å². The van der Waals surface area contributed by atoms with Crippen LogP contribution in [0.15, 0.2) is 35.5 Å². The van der Waals surface area contributed by atoms with Crippen LogP contribution in [-0.4, -0.2) is 29.5 Å². The monoisotopic (exact) mass is 462 g/mol. The first-order chi connectivity index (χ1) is 15.0. The molecule has 11 heteroatoms. The Bertz CT molecular complexity index is 1070. The molecule has 2 aliphatic rings. The van der Waals surface area contributed by atoms with Gasteiger partial charge in [-0.2, -0.15) is 0 Å². The summed E-state index contributed by atoms with van der Waals surface area (Å²) in [6, 6.07) is 7.62. The van der Waals surface area contributed by atoms with Crippen molar-refractivity contribution in [1.29, 1.82) is 0 Å². The number of para-hydroxylation sites is 1. The lowest BCUT2D eigenvalue weighted by molar-refractivity contribution is -0.0670. The van der Waals surface area contributed by atoms with Crippen molar-refractivity contribution in [2.24, 2.45) is 16.5 Å². The molecule has 162 valence electrons. The van der Waals surface area contributed by atoms with Crippen LogP contribution in [0.2, 0.25) is 5.02 Å². The number of nitrogens with two attached hydrogens (primary N) is 2. The molecular weight excluding hydrogens is 443 g/mol. The normalized spacial score (nSPS) is 25.2. The van der Waals surface area contributed by atoms with E-state index in [0.29, 0.717) is 19.4 Å². The van der Waals surface area contributed by atoms with Gasteiger partial charge in [0.2, 0.25) is 5.72 Å². The summed E-state index contributed by atoms with van der Waals surface area (Å²) in [5.74, 6) is 2.79. The summed E-state index contributed by atoms with van der Waals surface area (Å²) < 4.78 is 24.9. The van der Waals surface area contributed by atoms with Gasteiger partial charge in [-0.05, 0) is 18.4 Å². The number of hydrogen-bond acceptors (Lipinski definition) is 6. The number of aliphatic imine (C=N–C) groups is 1. The number of benzene rings is 1. The molecule has 0 saturated carbocycles. The van der Waals surface area contributed by atoms with Gasteiger partial charge in [-0.1, -0.05) is 29.8 Å². The molecule has 0 radical (unpaired) electrons. The van der Waals surface area contributed by atoms with Crippen molar-refractivity contribution in [3.05, 3.63) is 46.6 Å². The van der Waals surface area contributed by atoms with E-state index in [0.717, 1.165) is 17.7 Å². The van der Waals surface area contributed by atoms with Crippen molar-refractivity contribution in [2.75, 3.05) is 6.61 Å². The van der Waals surface area contributed by atoms with Gasteiger partial charge in [0.15, 0.2) is 5.82 Å². The molecule has 31 heavy (non-hydrogen) atoms. The second-order valence-corrected chi connectivity index (χ2v) is 8.44. The van der Waals surface area contributed by atoms with E-state index in [4.69, 9.17) is 47.8 Å². The van der Waals surface area contributed by atoms with E-state index in [1.54, 1.807) is 0 Å². The zero-order chi connectivity index (χ0) is 22.0. The number of rotatable bonds is 6. The molecule has 2 aromatic rings. The minimum Gasteiger partial charge on any atom is -0.426 e. The van der Waals surface area contributed by atoms with Crippen LogP contribution < -0.4 is 16.0 Å². The van der Waals surface area contributed by atoms with Crippen LogP contribution in [0.25, 0.3) is 0 Å². The first kappa shape index (κ1) is 21.6. The highest BCUT2D eigenvalue weighted by Crippen LogP contribution is 2.48. The topological polar surface area (TPSA) is 123 Å². The minimum atomic E-state index is -1.55. The van der Waals surface area contributed by atoms with Crippen LogP contribution in [0.3, 0.4) is 0 Å². The van der Waals surface area contributed by atoms with Gasteiger partial charge in [-0.15, -0.1) is 6.42 Å². The van der Waals surface area contributed by atoms with E-state index in [1.165, 1.54) is 10.8 Å². The Kier molecular flexibility index (Phi) is 6.19. The van der Waals surface area contributed by atoms with Gasteiger partial charge in [0.25, 0.3) is 5.91 Å². The van der Waals surface area contributed by atoms with Crippen LogP contribution in [0, 0.1) is 12.3 Å². The van der Waals surface area contributed by atoms with E-state index >= 15 is 0 Å². The van der Waals surface area contributed by atoms with Crippen molar-refractivity contribution in [1.82, 2.24) is 4.57 Å². The molecule has 0 bridgehead atoms. The Morgan fingerprint density at radius 2 is 2.32 bits per heavy atom. The highest BCUT2D eigenvalue weighted by atomic mass is 35.5. The molecular formula is C20H20ClN4O5P. The predicted octanol–water partition coefficient (Wildman–Crippen LogP) is 3.18. The molecule has 1 aromatic heterocycles. The average Bonchev–Trinajstić information content (AvgIpc) is 3.34. The molecule has 1 aromatic carbocycles. The van der Waals surface area contributed by atoms with Gasteiger partial charge < -0.3 is 20.7 Å². The molecule has 3 atom stereocenters. The number of hydrogen-bond donors (Lipinski definition) is 2. The lowest BCUT2D eigenvalue weighted by Crippen LogP contribution is -2.32. The number of carbonyl (C=O) groups is 1. The summed E-state index contributed by atoms with van der Waals surface area (Å²) in [4.78, 5) is 15.9. The van der Waals surface area contributed by atoms with Crippen LogP contribution >= 0.6 is 20.2 Å². The predicted molar refractivity (Wildman–Crippen MR) is 116 cm³/mol. The second kappa shape index (κ2) is 8.87. The molecule has 4 rings (SSSR count). The maximum absolute atomic E-state index is 11.8. The smallest absolute Gasteiger partial charge is 0.397 e. The summed E-state index contributed by atoms with van der Waals surface area (Å²) in [5.41, 5.74) is 10.7. The lowest BCUT2D eigenvalue weighted by Gasteiger charge is -2.28. The number of aromatic nitrogens is 1. The van der Waals surface area contributed by atoms with E-state index in [9.17, 15) is 4.79 Å². The molecule has 0 spiro atoms. The molecule has 0 aliphatic carbocycles. The Morgan fingerprint density at radius 1 is 1.52 bits per heavy atom. The summed E-state index contributed by atoms with van der Waals surface area (Å²) >= 11 is 6.20. The van der Waals surface area contributed by atoms with E-state index in [2.05, 4.69) is 10.9 Å². The highest BCUT2D eigenvalue weighted by molar-refractivity contribution is 7.42. The molecule has 3 unspecified atom stereocenters. The lowest BCUT2D eigenvalue weighted by atomic mass is 10.1. The summed E-state index contributed by atoms with van der Waals surface area (Å²) in [6.45, 7) is 0.629. The number of fused-ring (bicyclic) bond motifs is 1. The largest absolute Gasteiger partial charge is 0.426 e. The van der Waals surface area contributed by atoms with Gasteiger partial charge in [0.05, 0.1) is 30.7 Å². The van der Waals surface area contributed by atoms with Gasteiger partial charge in [-0.25, -0.2) is 4.99 Å². The zero-order valence-corrected chi connectivity index (χ0v) is 18.0. The van der Waals surface area contributed by atoms with Crippen LogP contribution in [0.5, 0.6) is 5.75 Å². The first-order valence-electron chi connectivity index (χ1n) is 9.40. The van der Waals surface area contributed by atoms with Crippen LogP contribution in [0.4, 0.5) is 5.82 Å². The maximum atomic E-state index is 11.8. The average molecular weight is 463 g/mol. The third kappa shape index (κ3) is 4.13. The number of terminal acetylenes is 1. The molecule has 3 heterocycles. The van der Waals surface area contributed by atoms with Gasteiger partial charge in [0, 0.05) is 18.2 Å². The fraction of sp³-hybridized carbons (Fsp3) is 0.300. The van der Waals surface area contributed by atoms with Gasteiger partial charge in [-0.3, -0.25) is 18.4 Å². The number of nitrogens with zero attached hydrogens (tertiary/aromatic N) is 2. The van der Waals surface area contributed by atoms with Crippen molar-refractivity contribution in [2.45, 2.75) is 31.3 Å². The zero-order valence-electron chi connectivity index (χ0n) is 16.4. The molecule has 1 fully saturated rings. The number of ether oxygens (including phenoxy) is 1. The van der Waals surface area contributed by atoms with Gasteiger partial charge >= 0.3 is 8.60 Å². The maximum Gasteiger partial charge on any atom is 0.397 e. The summed E-state index contributed by atoms with van der Waals surface area (Å²) in [6.07, 6.45) is 9.04. The van der Waals surface area contributed by atoms with Gasteiger partial charge in [0.1, 0.15) is 11.3 Å². The fourth-order valence-corrected chi connectivity index (χ4v) is 4.86. The van der Waals surface area contributed by atoms with E-state index < -0.39 is 20.2 Å². The quantitative estimate of drug-likeness (QED) is 0.294. The number of carbonyl (C=O) groups excluding carboxylic acids is 1.